The summed E-state index contributed by atoms with van der Waals surface area (Å²) in [7, 11) is 0. The van der Waals surface area contributed by atoms with Gasteiger partial charge in [0.15, 0.2) is 0 Å². The molecule has 0 spiro atoms. The Bertz CT molecular complexity index is 4810. The van der Waals surface area contributed by atoms with Crippen LogP contribution in [0.1, 0.15) is 77.8 Å². The zero-order chi connectivity index (χ0) is 56.5. The fourth-order valence-corrected chi connectivity index (χ4v) is 14.8. The molecule has 0 saturated heterocycles. The summed E-state index contributed by atoms with van der Waals surface area (Å²) in [5.41, 5.74) is 27.2. The van der Waals surface area contributed by atoms with E-state index in [1.165, 1.54) is 117 Å². The molecule has 0 bridgehead atoms. The quantitative estimate of drug-likeness (QED) is 0.136. The van der Waals surface area contributed by atoms with Gasteiger partial charge in [0.1, 0.15) is 11.5 Å². The van der Waals surface area contributed by atoms with Crippen molar-refractivity contribution in [3.8, 4) is 61.7 Å². The number of benzene rings is 12. The van der Waals surface area contributed by atoms with Crippen LogP contribution in [0.15, 0.2) is 280 Å². The first-order valence-electron chi connectivity index (χ1n) is 29.3. The van der Waals surface area contributed by atoms with Crippen LogP contribution in [0.3, 0.4) is 0 Å². The molecule has 0 saturated carbocycles. The van der Waals surface area contributed by atoms with Gasteiger partial charge in [-0.05, 0) is 192 Å². The van der Waals surface area contributed by atoms with Crippen LogP contribution in [-0.2, 0) is 16.2 Å². The van der Waals surface area contributed by atoms with Crippen molar-refractivity contribution in [3.63, 3.8) is 0 Å². The van der Waals surface area contributed by atoms with Crippen molar-refractivity contribution in [1.82, 2.24) is 4.57 Å². The zero-order valence-electron chi connectivity index (χ0n) is 47.6. The van der Waals surface area contributed by atoms with Crippen molar-refractivity contribution in [2.75, 3.05) is 4.90 Å². The summed E-state index contributed by atoms with van der Waals surface area (Å²) in [5.74, 6) is 1.57. The molecule has 13 aromatic rings. The van der Waals surface area contributed by atoms with Gasteiger partial charge in [0, 0.05) is 44.4 Å². The van der Waals surface area contributed by atoms with E-state index < -0.39 is 5.41 Å². The Morgan fingerprint density at radius 3 is 1.46 bits per heavy atom. The maximum absolute atomic E-state index is 6.48. The highest BCUT2D eigenvalue weighted by Gasteiger charge is 2.47. The highest BCUT2D eigenvalue weighted by atomic mass is 16.5. The minimum atomic E-state index is -0.649. The van der Waals surface area contributed by atoms with Gasteiger partial charge in [0.05, 0.1) is 16.4 Å². The molecule has 12 aromatic carbocycles. The van der Waals surface area contributed by atoms with E-state index >= 15 is 0 Å². The van der Waals surface area contributed by atoms with Crippen molar-refractivity contribution in [3.05, 3.63) is 330 Å². The number of aromatic nitrogens is 1. The van der Waals surface area contributed by atoms with E-state index in [0.29, 0.717) is 0 Å². The van der Waals surface area contributed by atoms with Crippen molar-refractivity contribution in [2.24, 2.45) is 0 Å². The molecule has 3 aliphatic carbocycles. The summed E-state index contributed by atoms with van der Waals surface area (Å²) in [6.45, 7) is 13.5. The fraction of sp³-hybridized carbons (Fsp3) is 0.0864. The van der Waals surface area contributed by atoms with Gasteiger partial charge in [-0.2, -0.15) is 0 Å². The molecule has 0 radical (unpaired) electrons. The lowest BCUT2D eigenvalue weighted by Crippen LogP contribution is -2.28. The molecule has 400 valence electrons. The Morgan fingerprint density at radius 1 is 0.357 bits per heavy atom. The van der Waals surface area contributed by atoms with Crippen LogP contribution in [0.4, 0.5) is 17.1 Å². The summed E-state index contributed by atoms with van der Waals surface area (Å²) >= 11 is 0. The number of rotatable bonds is 10. The fourth-order valence-electron chi connectivity index (χ4n) is 14.8. The monoisotopic (exact) mass is 1080 g/mol. The molecule has 84 heavy (non-hydrogen) atoms. The summed E-state index contributed by atoms with van der Waals surface area (Å²) < 4.78 is 8.87. The predicted octanol–water partition coefficient (Wildman–Crippen LogP) is 21.3. The van der Waals surface area contributed by atoms with E-state index in [-0.39, 0.29) is 10.8 Å². The second kappa shape index (κ2) is 18.7. The average Bonchev–Trinajstić information content (AvgIpc) is 1.78. The first-order valence-corrected chi connectivity index (χ1v) is 29.3. The Hall–Kier alpha value is -10.2. The maximum atomic E-state index is 6.48. The number of ether oxygens (including phenoxy) is 1. The third kappa shape index (κ3) is 7.31. The first-order chi connectivity index (χ1) is 41.1. The summed E-state index contributed by atoms with van der Waals surface area (Å²) in [6, 6.07) is 101. The standard InChI is InChI=1S/C81H60N2O/c1-6-52-29-38-61(39-30-52)84-62-40-33-56(34-41-62)81(55-19-9-7-10-20-55)72-27-17-14-24-64(72)68-45-37-60(51-76(68)81)82(58-35-43-66-63-23-13-16-26-71(63)79(2,3)74(66)49-58)59-36-44-67-65-42-31-54(48-73(65)80(4,5)75(67)50-59)53-32-46-78-70(47-53)69-25-15-18-28-77(69)83(78)57-21-11-8-12-22-57/h6-51H,1H2,2-5H3. The molecular weight excluding hydrogens is 1020 g/mol. The minimum absolute atomic E-state index is 0.191. The van der Waals surface area contributed by atoms with Gasteiger partial charge >= 0.3 is 0 Å². The van der Waals surface area contributed by atoms with Crippen LogP contribution >= 0.6 is 0 Å². The third-order valence-corrected chi connectivity index (χ3v) is 18.9. The summed E-state index contributed by atoms with van der Waals surface area (Å²) in [4.78, 5) is 2.53. The lowest BCUT2D eigenvalue weighted by Gasteiger charge is -2.35. The molecule has 0 fully saturated rings. The van der Waals surface area contributed by atoms with Crippen LogP contribution in [-0.4, -0.2) is 4.57 Å². The molecule has 1 aromatic heterocycles. The number of nitrogens with zero attached hydrogens (tertiary/aromatic N) is 2. The van der Waals surface area contributed by atoms with Gasteiger partial charge in [-0.3, -0.25) is 0 Å². The maximum Gasteiger partial charge on any atom is 0.127 e. The molecule has 1 atom stereocenters. The van der Waals surface area contributed by atoms with E-state index in [1.807, 2.05) is 30.3 Å². The zero-order valence-corrected chi connectivity index (χ0v) is 47.6. The number of hydrogen-bond acceptors (Lipinski definition) is 2. The molecule has 3 nitrogen and oxygen atoms in total. The van der Waals surface area contributed by atoms with Crippen molar-refractivity contribution in [1.29, 1.82) is 0 Å². The lowest BCUT2D eigenvalue weighted by molar-refractivity contribution is 0.482. The minimum Gasteiger partial charge on any atom is -0.457 e. The van der Waals surface area contributed by atoms with Crippen molar-refractivity contribution < 1.29 is 4.74 Å². The highest BCUT2D eigenvalue weighted by Crippen LogP contribution is 2.59. The van der Waals surface area contributed by atoms with Crippen LogP contribution in [0.5, 0.6) is 11.5 Å². The highest BCUT2D eigenvalue weighted by molar-refractivity contribution is 6.10. The van der Waals surface area contributed by atoms with Gasteiger partial charge in [0.25, 0.3) is 0 Å². The Labute approximate surface area is 491 Å². The Morgan fingerprint density at radius 2 is 0.810 bits per heavy atom. The second-order valence-electron chi connectivity index (χ2n) is 24.1. The summed E-state index contributed by atoms with van der Waals surface area (Å²) in [5, 5.41) is 2.51. The molecule has 1 unspecified atom stereocenters. The predicted molar refractivity (Wildman–Crippen MR) is 350 cm³/mol. The van der Waals surface area contributed by atoms with Crippen molar-refractivity contribution in [2.45, 2.75) is 43.9 Å². The Balaban J connectivity index is 0.845. The van der Waals surface area contributed by atoms with Crippen LogP contribution < -0.4 is 9.64 Å². The molecule has 16 rings (SSSR count). The lowest BCUT2D eigenvalue weighted by atomic mass is 9.67. The van der Waals surface area contributed by atoms with E-state index in [2.05, 4.69) is 292 Å². The SMILES string of the molecule is C=Cc1ccc(Oc2ccc(C3(c4ccccc4)c4ccccc4-c4ccc(N(c5ccc6c(c5)C(C)(C)c5ccccc5-6)c5ccc6c(c5)C(C)(C)c5cc(-c7ccc8c(c7)c7ccccc7n8-c7ccccc7)ccc5-6)cc43)cc2)cc1. The molecule has 3 heteroatoms. The van der Waals surface area contributed by atoms with Gasteiger partial charge < -0.3 is 14.2 Å². The third-order valence-electron chi connectivity index (χ3n) is 18.9. The van der Waals surface area contributed by atoms with E-state index in [0.717, 1.165) is 34.1 Å². The van der Waals surface area contributed by atoms with Crippen LogP contribution in [0.2, 0.25) is 0 Å². The molecule has 0 aliphatic heterocycles. The molecule has 3 aliphatic rings. The number of hydrogen-bond donors (Lipinski definition) is 0. The molecule has 1 heterocycles. The summed E-state index contributed by atoms with van der Waals surface area (Å²) in [6.07, 6.45) is 1.85. The average molecular weight is 1080 g/mol. The van der Waals surface area contributed by atoms with Gasteiger partial charge in [0.2, 0.25) is 0 Å². The van der Waals surface area contributed by atoms with Gasteiger partial charge in [-0.1, -0.05) is 216 Å². The molecular formula is C81H60N2O. The number of para-hydroxylation sites is 2. The van der Waals surface area contributed by atoms with Crippen molar-refractivity contribution >= 4 is 44.9 Å². The Kier molecular flexibility index (Phi) is 11.0. The topological polar surface area (TPSA) is 17.4 Å². The second-order valence-corrected chi connectivity index (χ2v) is 24.1. The van der Waals surface area contributed by atoms with Crippen LogP contribution in [0.25, 0.3) is 78.1 Å². The smallest absolute Gasteiger partial charge is 0.127 e. The molecule has 0 amide bonds. The number of anilines is 3. The molecule has 0 N–H and O–H groups in total. The first kappa shape index (κ1) is 49.6. The van der Waals surface area contributed by atoms with E-state index in [9.17, 15) is 0 Å². The van der Waals surface area contributed by atoms with Crippen LogP contribution in [0, 0.1) is 0 Å². The largest absolute Gasteiger partial charge is 0.457 e. The van der Waals surface area contributed by atoms with Gasteiger partial charge in [-0.25, -0.2) is 0 Å². The van der Waals surface area contributed by atoms with Gasteiger partial charge in [-0.15, -0.1) is 0 Å². The van der Waals surface area contributed by atoms with E-state index in [1.54, 1.807) is 0 Å². The van der Waals surface area contributed by atoms with E-state index in [4.69, 9.17) is 4.74 Å². The normalized spacial score (nSPS) is 15.4. The number of fused-ring (bicyclic) bond motifs is 12.